The van der Waals surface area contributed by atoms with Crippen LogP contribution in [0, 0.1) is 0 Å². The quantitative estimate of drug-likeness (QED) is 0.197. The van der Waals surface area contributed by atoms with Crippen LogP contribution in [0.4, 0.5) is 0 Å². The van der Waals surface area contributed by atoms with E-state index in [2.05, 4.69) is 121 Å². The lowest BCUT2D eigenvalue weighted by Gasteiger charge is -2.14. The molecule has 47 heavy (non-hydrogen) atoms. The first kappa shape index (κ1) is 27.0. The molecule has 0 spiro atoms. The summed E-state index contributed by atoms with van der Waals surface area (Å²) in [5, 5.41) is 4.66. The molecule has 3 nitrogen and oxygen atoms in total. The Kier molecular flexibility index (Phi) is 6.46. The molecule has 0 atom stereocenters. The Morgan fingerprint density at radius 1 is 0.340 bits per heavy atom. The third-order valence-corrected chi connectivity index (χ3v) is 8.87. The van der Waals surface area contributed by atoms with Crippen molar-refractivity contribution in [2.75, 3.05) is 0 Å². The normalized spacial score (nSPS) is 11.4. The molecule has 0 radical (unpaired) electrons. The Morgan fingerprint density at radius 2 is 0.957 bits per heavy atom. The summed E-state index contributed by atoms with van der Waals surface area (Å²) in [7, 11) is 0. The maximum atomic E-state index is 6.31. The number of rotatable bonds is 5. The highest BCUT2D eigenvalue weighted by molar-refractivity contribution is 6.06. The van der Waals surface area contributed by atoms with Gasteiger partial charge in [-0.25, -0.2) is 9.97 Å². The van der Waals surface area contributed by atoms with Crippen molar-refractivity contribution in [2.45, 2.75) is 0 Å². The van der Waals surface area contributed by atoms with Gasteiger partial charge >= 0.3 is 0 Å². The largest absolute Gasteiger partial charge is 0.456 e. The molecule has 9 rings (SSSR count). The van der Waals surface area contributed by atoms with Crippen LogP contribution in [0.15, 0.2) is 174 Å². The van der Waals surface area contributed by atoms with E-state index in [9.17, 15) is 0 Å². The van der Waals surface area contributed by atoms with E-state index >= 15 is 0 Å². The summed E-state index contributed by atoms with van der Waals surface area (Å²) in [6.45, 7) is 0. The SMILES string of the molecule is c1ccc(-c2cc(-c3cc(-c4ccc5c(c4)oc4ccccc45)cc(-c4cccc5ccccc45)c3)nc(-c3ccccc3)n2)cc1. The topological polar surface area (TPSA) is 38.9 Å². The predicted molar refractivity (Wildman–Crippen MR) is 194 cm³/mol. The van der Waals surface area contributed by atoms with Gasteiger partial charge in [-0.05, 0) is 75.5 Å². The van der Waals surface area contributed by atoms with E-state index in [-0.39, 0.29) is 0 Å². The molecule has 0 saturated heterocycles. The first-order valence-corrected chi connectivity index (χ1v) is 15.8. The van der Waals surface area contributed by atoms with Gasteiger partial charge in [0.1, 0.15) is 11.2 Å². The second-order valence-corrected chi connectivity index (χ2v) is 11.8. The van der Waals surface area contributed by atoms with Crippen LogP contribution >= 0.6 is 0 Å². The van der Waals surface area contributed by atoms with Gasteiger partial charge in [0.15, 0.2) is 5.82 Å². The predicted octanol–water partition coefficient (Wildman–Crippen LogP) is 11.9. The Morgan fingerprint density at radius 3 is 1.79 bits per heavy atom. The molecule has 7 aromatic carbocycles. The molecule has 0 fully saturated rings. The maximum Gasteiger partial charge on any atom is 0.160 e. The maximum absolute atomic E-state index is 6.31. The molecule has 220 valence electrons. The van der Waals surface area contributed by atoms with Crippen molar-refractivity contribution in [3.63, 3.8) is 0 Å². The van der Waals surface area contributed by atoms with Gasteiger partial charge in [0.2, 0.25) is 0 Å². The van der Waals surface area contributed by atoms with E-state index in [0.717, 1.165) is 66.7 Å². The van der Waals surface area contributed by atoms with E-state index in [1.807, 2.05) is 48.5 Å². The summed E-state index contributed by atoms with van der Waals surface area (Å²) in [6.07, 6.45) is 0. The van der Waals surface area contributed by atoms with Gasteiger partial charge < -0.3 is 4.42 Å². The van der Waals surface area contributed by atoms with Crippen LogP contribution in [-0.2, 0) is 0 Å². The van der Waals surface area contributed by atoms with Crippen molar-refractivity contribution >= 4 is 32.7 Å². The molecule has 0 N–H and O–H groups in total. The van der Waals surface area contributed by atoms with Gasteiger partial charge in [-0.2, -0.15) is 0 Å². The van der Waals surface area contributed by atoms with Gasteiger partial charge in [-0.3, -0.25) is 0 Å². The zero-order valence-electron chi connectivity index (χ0n) is 25.5. The number of hydrogen-bond acceptors (Lipinski definition) is 3. The number of furan rings is 1. The summed E-state index contributed by atoms with van der Waals surface area (Å²) in [4.78, 5) is 10.2. The second-order valence-electron chi connectivity index (χ2n) is 11.8. The van der Waals surface area contributed by atoms with Gasteiger partial charge in [-0.15, -0.1) is 0 Å². The molecule has 0 amide bonds. The highest BCUT2D eigenvalue weighted by Crippen LogP contribution is 2.38. The number of aromatic nitrogens is 2. The molecule has 9 aromatic rings. The van der Waals surface area contributed by atoms with Crippen LogP contribution in [0.25, 0.3) is 88.9 Å². The number of hydrogen-bond donors (Lipinski definition) is 0. The summed E-state index contributed by atoms with van der Waals surface area (Å²) in [5.41, 5.74) is 11.0. The molecule has 0 bridgehead atoms. The first-order valence-electron chi connectivity index (χ1n) is 15.8. The molecule has 0 aliphatic rings. The average Bonchev–Trinajstić information content (AvgIpc) is 3.53. The van der Waals surface area contributed by atoms with Crippen LogP contribution in [0.5, 0.6) is 0 Å². The molecule has 0 saturated carbocycles. The van der Waals surface area contributed by atoms with Crippen molar-refractivity contribution in [3.05, 3.63) is 170 Å². The Bertz CT molecular complexity index is 2500. The lowest BCUT2D eigenvalue weighted by atomic mass is 9.92. The van der Waals surface area contributed by atoms with Crippen molar-refractivity contribution in [1.29, 1.82) is 0 Å². The molecule has 0 aliphatic carbocycles. The van der Waals surface area contributed by atoms with Crippen LogP contribution < -0.4 is 0 Å². The summed E-state index contributed by atoms with van der Waals surface area (Å²) in [6, 6.07) is 59.2. The monoisotopic (exact) mass is 600 g/mol. The number of benzene rings is 7. The molecule has 2 aromatic heterocycles. The van der Waals surface area contributed by atoms with Crippen LogP contribution in [0.3, 0.4) is 0 Å². The van der Waals surface area contributed by atoms with Gasteiger partial charge in [0, 0.05) is 27.5 Å². The fourth-order valence-electron chi connectivity index (χ4n) is 6.55. The number of nitrogens with zero attached hydrogens (tertiary/aromatic N) is 2. The molecule has 0 unspecified atom stereocenters. The van der Waals surface area contributed by atoms with Crippen LogP contribution in [0.1, 0.15) is 0 Å². The molecular weight excluding hydrogens is 572 g/mol. The molecule has 0 aliphatic heterocycles. The van der Waals surface area contributed by atoms with Gasteiger partial charge in [0.25, 0.3) is 0 Å². The number of para-hydroxylation sites is 1. The smallest absolute Gasteiger partial charge is 0.160 e. The van der Waals surface area contributed by atoms with E-state index in [1.54, 1.807) is 0 Å². The van der Waals surface area contributed by atoms with E-state index in [0.29, 0.717) is 5.82 Å². The minimum absolute atomic E-state index is 0.697. The third kappa shape index (κ3) is 4.95. The molecule has 3 heteroatoms. The highest BCUT2D eigenvalue weighted by Gasteiger charge is 2.15. The standard InChI is InChI=1S/C44H28N2O/c1-3-13-30(14-4-1)40-28-41(46-44(45-40)31-15-5-2-6-16-31)35-25-33(24-34(26-35)37-20-11-17-29-12-7-8-18-36(29)37)32-22-23-39-38-19-9-10-21-42(38)47-43(39)27-32/h1-28H. The molecule has 2 heterocycles. The fourth-order valence-corrected chi connectivity index (χ4v) is 6.55. The van der Waals surface area contributed by atoms with Crippen molar-refractivity contribution in [3.8, 4) is 56.2 Å². The van der Waals surface area contributed by atoms with Crippen LogP contribution in [-0.4, -0.2) is 9.97 Å². The minimum Gasteiger partial charge on any atom is -0.456 e. The average molecular weight is 601 g/mol. The number of fused-ring (bicyclic) bond motifs is 4. The lowest BCUT2D eigenvalue weighted by molar-refractivity contribution is 0.669. The Hall–Kier alpha value is -6.32. The van der Waals surface area contributed by atoms with E-state index in [4.69, 9.17) is 14.4 Å². The van der Waals surface area contributed by atoms with E-state index < -0.39 is 0 Å². The Labute approximate surface area is 272 Å². The van der Waals surface area contributed by atoms with Crippen molar-refractivity contribution < 1.29 is 4.42 Å². The van der Waals surface area contributed by atoms with Gasteiger partial charge in [-0.1, -0.05) is 127 Å². The molecular formula is C44H28N2O. The second kappa shape index (κ2) is 11.2. The van der Waals surface area contributed by atoms with E-state index in [1.165, 1.54) is 16.3 Å². The summed E-state index contributed by atoms with van der Waals surface area (Å²) >= 11 is 0. The van der Waals surface area contributed by atoms with Gasteiger partial charge in [0.05, 0.1) is 11.4 Å². The minimum atomic E-state index is 0.697. The van der Waals surface area contributed by atoms with Crippen LogP contribution in [0.2, 0.25) is 0 Å². The summed E-state index contributed by atoms with van der Waals surface area (Å²) in [5.74, 6) is 0.697. The van der Waals surface area contributed by atoms with Crippen molar-refractivity contribution in [1.82, 2.24) is 9.97 Å². The zero-order valence-corrected chi connectivity index (χ0v) is 25.5. The summed E-state index contributed by atoms with van der Waals surface area (Å²) < 4.78 is 6.31. The highest BCUT2D eigenvalue weighted by atomic mass is 16.3. The lowest BCUT2D eigenvalue weighted by Crippen LogP contribution is -1.96. The third-order valence-electron chi connectivity index (χ3n) is 8.87. The van der Waals surface area contributed by atoms with Crippen molar-refractivity contribution in [2.24, 2.45) is 0 Å². The first-order chi connectivity index (χ1) is 23.3. The zero-order chi connectivity index (χ0) is 31.2. The fraction of sp³-hybridized carbons (Fsp3) is 0. The Balaban J connectivity index is 1.29.